The fourth-order valence-corrected chi connectivity index (χ4v) is 3.06. The molecule has 4 N–H and O–H groups in total. The minimum atomic E-state index is -4.00. The number of nitrogens with one attached hydrogen (secondary N) is 2. The molecule has 0 radical (unpaired) electrons. The maximum Gasteiger partial charge on any atom is 0.244 e. The highest BCUT2D eigenvalue weighted by Gasteiger charge is 2.23. The molecule has 1 aromatic carbocycles. The summed E-state index contributed by atoms with van der Waals surface area (Å²) in [6.07, 6.45) is 3.06. The first kappa shape index (κ1) is 14.5. The van der Waals surface area contributed by atoms with Gasteiger partial charge in [-0.1, -0.05) is 0 Å². The molecule has 1 aromatic heterocycles. The predicted octanol–water partition coefficient (Wildman–Crippen LogP) is 1.48. The molecule has 2 rings (SSSR count). The standard InChI is InChI=1S/C12H15FN4O2S/c1-7-3-10(13)12(4-11(7)14)20(18,19)17-8(2)9-5-15-16-6-9/h3-6,8,17H,14H2,1-2H3,(H,15,16). The molecule has 1 atom stereocenters. The lowest BCUT2D eigenvalue weighted by Crippen LogP contribution is -2.27. The molecule has 20 heavy (non-hydrogen) atoms. The fraction of sp³-hybridized carbons (Fsp3) is 0.250. The average molecular weight is 298 g/mol. The van der Waals surface area contributed by atoms with Gasteiger partial charge >= 0.3 is 0 Å². The Balaban J connectivity index is 2.34. The van der Waals surface area contributed by atoms with E-state index in [1.807, 2.05) is 0 Å². The Morgan fingerprint density at radius 2 is 2.15 bits per heavy atom. The Bertz CT molecular complexity index is 713. The Morgan fingerprint density at radius 1 is 1.45 bits per heavy atom. The summed E-state index contributed by atoms with van der Waals surface area (Å²) < 4.78 is 40.6. The second-order valence-electron chi connectivity index (χ2n) is 4.51. The molecule has 108 valence electrons. The number of aromatic nitrogens is 2. The Kier molecular flexibility index (Phi) is 3.78. The summed E-state index contributed by atoms with van der Waals surface area (Å²) in [6, 6.07) is 1.68. The summed E-state index contributed by atoms with van der Waals surface area (Å²) in [6.45, 7) is 3.24. The average Bonchev–Trinajstić information content (AvgIpc) is 2.86. The first-order chi connectivity index (χ1) is 9.31. The number of aromatic amines is 1. The van der Waals surface area contributed by atoms with E-state index in [0.717, 1.165) is 12.1 Å². The lowest BCUT2D eigenvalue weighted by Gasteiger charge is -2.14. The summed E-state index contributed by atoms with van der Waals surface area (Å²) in [4.78, 5) is -0.462. The molecule has 0 aliphatic rings. The number of nitrogen functional groups attached to an aromatic ring is 1. The van der Waals surface area contributed by atoms with Crippen LogP contribution in [0.25, 0.3) is 0 Å². The van der Waals surface area contributed by atoms with Crippen molar-refractivity contribution in [3.63, 3.8) is 0 Å². The highest BCUT2D eigenvalue weighted by Crippen LogP contribution is 2.23. The topological polar surface area (TPSA) is 101 Å². The molecule has 0 amide bonds. The Labute approximate surface area is 116 Å². The van der Waals surface area contributed by atoms with E-state index in [9.17, 15) is 12.8 Å². The largest absolute Gasteiger partial charge is 0.398 e. The van der Waals surface area contributed by atoms with Crippen LogP contribution in [0.3, 0.4) is 0 Å². The first-order valence-electron chi connectivity index (χ1n) is 5.88. The normalized spacial score (nSPS) is 13.3. The van der Waals surface area contributed by atoms with Crippen molar-refractivity contribution in [3.05, 3.63) is 41.5 Å². The summed E-state index contributed by atoms with van der Waals surface area (Å²) in [7, 11) is -4.00. The third-order valence-corrected chi connectivity index (χ3v) is 4.52. The second kappa shape index (κ2) is 5.22. The van der Waals surface area contributed by atoms with Gasteiger partial charge in [-0.2, -0.15) is 5.10 Å². The summed E-state index contributed by atoms with van der Waals surface area (Å²) in [5, 5.41) is 6.32. The molecule has 8 heteroatoms. The van der Waals surface area contributed by atoms with Crippen LogP contribution in [0.2, 0.25) is 0 Å². The lowest BCUT2D eigenvalue weighted by molar-refractivity contribution is 0.547. The van der Waals surface area contributed by atoms with Gasteiger partial charge < -0.3 is 5.73 Å². The van der Waals surface area contributed by atoms with E-state index in [1.165, 1.54) is 6.20 Å². The number of aryl methyl sites for hydroxylation is 1. The Hall–Kier alpha value is -1.93. The molecule has 0 aliphatic heterocycles. The van der Waals surface area contributed by atoms with Crippen molar-refractivity contribution >= 4 is 15.7 Å². The van der Waals surface area contributed by atoms with Crippen LogP contribution in [0, 0.1) is 12.7 Å². The van der Waals surface area contributed by atoms with Crippen molar-refractivity contribution in [2.75, 3.05) is 5.73 Å². The van der Waals surface area contributed by atoms with E-state index in [-0.39, 0.29) is 5.69 Å². The summed E-state index contributed by atoms with van der Waals surface area (Å²) in [5.41, 5.74) is 7.00. The van der Waals surface area contributed by atoms with Gasteiger partial charge in [0.05, 0.1) is 6.20 Å². The third-order valence-electron chi connectivity index (χ3n) is 2.96. The smallest absolute Gasteiger partial charge is 0.244 e. The molecule has 0 aliphatic carbocycles. The van der Waals surface area contributed by atoms with Crippen molar-refractivity contribution in [2.24, 2.45) is 0 Å². The monoisotopic (exact) mass is 298 g/mol. The summed E-state index contributed by atoms with van der Waals surface area (Å²) >= 11 is 0. The van der Waals surface area contributed by atoms with E-state index in [0.29, 0.717) is 11.1 Å². The van der Waals surface area contributed by atoms with Crippen LogP contribution >= 0.6 is 0 Å². The number of H-pyrrole nitrogens is 1. The van der Waals surface area contributed by atoms with E-state index in [4.69, 9.17) is 5.73 Å². The van der Waals surface area contributed by atoms with Gasteiger partial charge in [0.2, 0.25) is 10.0 Å². The van der Waals surface area contributed by atoms with Crippen LogP contribution in [0.1, 0.15) is 24.1 Å². The van der Waals surface area contributed by atoms with Gasteiger partial charge in [-0.3, -0.25) is 5.10 Å². The SMILES string of the molecule is Cc1cc(F)c(S(=O)(=O)NC(C)c2cn[nH]c2)cc1N. The van der Waals surface area contributed by atoms with Crippen molar-refractivity contribution in [3.8, 4) is 0 Å². The van der Waals surface area contributed by atoms with E-state index in [2.05, 4.69) is 14.9 Å². The van der Waals surface area contributed by atoms with E-state index in [1.54, 1.807) is 20.0 Å². The third kappa shape index (κ3) is 2.81. The van der Waals surface area contributed by atoms with Crippen LogP contribution < -0.4 is 10.5 Å². The molecular weight excluding hydrogens is 283 g/mol. The van der Waals surface area contributed by atoms with Gasteiger partial charge in [0.1, 0.15) is 10.7 Å². The van der Waals surface area contributed by atoms with Crippen LogP contribution in [-0.2, 0) is 10.0 Å². The van der Waals surface area contributed by atoms with E-state index >= 15 is 0 Å². The Morgan fingerprint density at radius 3 is 2.75 bits per heavy atom. The van der Waals surface area contributed by atoms with Gasteiger partial charge in [-0.05, 0) is 31.5 Å². The minimum absolute atomic E-state index is 0.225. The van der Waals surface area contributed by atoms with Gasteiger partial charge in [0, 0.05) is 23.5 Å². The van der Waals surface area contributed by atoms with Gasteiger partial charge in [-0.25, -0.2) is 17.5 Å². The van der Waals surface area contributed by atoms with Crippen LogP contribution in [0.4, 0.5) is 10.1 Å². The molecule has 0 saturated carbocycles. The molecule has 0 spiro atoms. The van der Waals surface area contributed by atoms with Crippen molar-refractivity contribution < 1.29 is 12.8 Å². The number of hydrogen-bond acceptors (Lipinski definition) is 4. The molecule has 1 heterocycles. The molecule has 0 saturated heterocycles. The zero-order valence-corrected chi connectivity index (χ0v) is 11.8. The maximum absolute atomic E-state index is 13.8. The zero-order chi connectivity index (χ0) is 14.9. The molecular formula is C12H15FN4O2S. The predicted molar refractivity (Wildman–Crippen MR) is 72.9 cm³/mol. The number of halogens is 1. The van der Waals surface area contributed by atoms with Crippen LogP contribution in [-0.4, -0.2) is 18.6 Å². The fourth-order valence-electron chi connectivity index (χ4n) is 1.74. The molecule has 2 aromatic rings. The maximum atomic E-state index is 13.8. The number of anilines is 1. The number of nitrogens with two attached hydrogens (primary N) is 1. The quantitative estimate of drug-likeness (QED) is 0.744. The number of nitrogens with zero attached hydrogens (tertiary/aromatic N) is 1. The van der Waals surface area contributed by atoms with Crippen LogP contribution in [0.5, 0.6) is 0 Å². The number of sulfonamides is 1. The highest BCUT2D eigenvalue weighted by molar-refractivity contribution is 7.89. The lowest BCUT2D eigenvalue weighted by atomic mass is 10.2. The molecule has 6 nitrogen and oxygen atoms in total. The number of hydrogen-bond donors (Lipinski definition) is 3. The number of benzene rings is 1. The zero-order valence-electron chi connectivity index (χ0n) is 11.0. The molecule has 1 unspecified atom stereocenters. The second-order valence-corrected chi connectivity index (χ2v) is 6.20. The first-order valence-corrected chi connectivity index (χ1v) is 7.36. The van der Waals surface area contributed by atoms with Gasteiger partial charge in [0.15, 0.2) is 0 Å². The minimum Gasteiger partial charge on any atom is -0.398 e. The number of rotatable bonds is 4. The van der Waals surface area contributed by atoms with Gasteiger partial charge in [0.25, 0.3) is 0 Å². The van der Waals surface area contributed by atoms with Crippen molar-refractivity contribution in [2.45, 2.75) is 24.8 Å². The molecule has 0 fully saturated rings. The van der Waals surface area contributed by atoms with Crippen molar-refractivity contribution in [1.29, 1.82) is 0 Å². The summed E-state index contributed by atoms with van der Waals surface area (Å²) in [5.74, 6) is -0.830. The van der Waals surface area contributed by atoms with E-state index < -0.39 is 26.8 Å². The van der Waals surface area contributed by atoms with Crippen LogP contribution in [0.15, 0.2) is 29.4 Å². The van der Waals surface area contributed by atoms with Gasteiger partial charge in [-0.15, -0.1) is 0 Å². The van der Waals surface area contributed by atoms with Crippen molar-refractivity contribution in [1.82, 2.24) is 14.9 Å². The highest BCUT2D eigenvalue weighted by atomic mass is 32.2. The molecule has 0 bridgehead atoms.